The Labute approximate surface area is 150 Å². The number of aromatic nitrogens is 1. The minimum absolute atomic E-state index is 0.0271. The second-order valence-corrected chi connectivity index (χ2v) is 7.65. The maximum Gasteiger partial charge on any atom is 0.213 e. The van der Waals surface area contributed by atoms with E-state index in [1.54, 1.807) is 7.05 Å². The Morgan fingerprint density at radius 3 is 2.72 bits per heavy atom. The number of guanidine groups is 1. The molecule has 1 aliphatic carbocycles. The van der Waals surface area contributed by atoms with E-state index in [0.717, 1.165) is 31.0 Å². The third-order valence-corrected chi connectivity index (χ3v) is 4.61. The Kier molecular flexibility index (Phi) is 5.11. The Morgan fingerprint density at radius 2 is 2.04 bits per heavy atom. The lowest BCUT2D eigenvalue weighted by molar-refractivity contribution is 0.379. The van der Waals surface area contributed by atoms with Gasteiger partial charge in [-0.05, 0) is 30.4 Å². The molecule has 2 N–H and O–H groups in total. The van der Waals surface area contributed by atoms with Crippen LogP contribution in [0.3, 0.4) is 0 Å². The summed E-state index contributed by atoms with van der Waals surface area (Å²) in [6.07, 6.45) is 5.07. The molecule has 0 spiro atoms. The first kappa shape index (κ1) is 17.5. The summed E-state index contributed by atoms with van der Waals surface area (Å²) < 4.78 is 5.82. The van der Waals surface area contributed by atoms with Gasteiger partial charge in [-0.1, -0.05) is 45.0 Å². The van der Waals surface area contributed by atoms with E-state index in [4.69, 9.17) is 4.42 Å². The Hall–Kier alpha value is -2.30. The Bertz CT molecular complexity index is 742. The number of aryl methyl sites for hydroxylation is 1. The summed E-state index contributed by atoms with van der Waals surface area (Å²) in [5.41, 5.74) is 2.88. The van der Waals surface area contributed by atoms with Gasteiger partial charge in [-0.3, -0.25) is 4.99 Å². The van der Waals surface area contributed by atoms with E-state index >= 15 is 0 Å². The van der Waals surface area contributed by atoms with Crippen LogP contribution in [0, 0.1) is 0 Å². The lowest BCUT2D eigenvalue weighted by atomic mass is 9.88. The van der Waals surface area contributed by atoms with Crippen molar-refractivity contribution in [3.63, 3.8) is 0 Å². The second-order valence-electron chi connectivity index (χ2n) is 7.65. The van der Waals surface area contributed by atoms with Crippen molar-refractivity contribution in [2.75, 3.05) is 7.05 Å². The highest BCUT2D eigenvalue weighted by Gasteiger charge is 2.20. The van der Waals surface area contributed by atoms with Crippen molar-refractivity contribution in [1.82, 2.24) is 15.6 Å². The number of fused-ring (bicyclic) bond motifs is 1. The SMILES string of the molecule is CN=C(NCc1ncc(C(C)(C)C)o1)NC1CCc2ccccc2C1. The predicted molar refractivity (Wildman–Crippen MR) is 101 cm³/mol. The van der Waals surface area contributed by atoms with Gasteiger partial charge in [0.1, 0.15) is 5.76 Å². The molecule has 0 aliphatic heterocycles. The van der Waals surface area contributed by atoms with Crippen molar-refractivity contribution in [3.05, 3.63) is 53.2 Å². The van der Waals surface area contributed by atoms with Gasteiger partial charge in [-0.25, -0.2) is 4.98 Å². The van der Waals surface area contributed by atoms with Gasteiger partial charge in [0.05, 0.1) is 12.7 Å². The summed E-state index contributed by atoms with van der Waals surface area (Å²) in [5.74, 6) is 2.37. The van der Waals surface area contributed by atoms with Crippen LogP contribution in [0.1, 0.15) is 50.0 Å². The Balaban J connectivity index is 1.55. The molecule has 0 saturated carbocycles. The molecule has 1 atom stereocenters. The number of nitrogens with one attached hydrogen (secondary N) is 2. The zero-order valence-electron chi connectivity index (χ0n) is 15.6. The maximum absolute atomic E-state index is 5.82. The van der Waals surface area contributed by atoms with Gasteiger partial charge in [0.25, 0.3) is 0 Å². The van der Waals surface area contributed by atoms with Crippen LogP contribution in [0.25, 0.3) is 0 Å². The molecule has 5 nitrogen and oxygen atoms in total. The van der Waals surface area contributed by atoms with Crippen molar-refractivity contribution < 1.29 is 4.42 Å². The second kappa shape index (κ2) is 7.30. The highest BCUT2D eigenvalue weighted by atomic mass is 16.4. The van der Waals surface area contributed by atoms with Crippen LogP contribution in [-0.2, 0) is 24.8 Å². The molecule has 0 saturated heterocycles. The number of hydrogen-bond donors (Lipinski definition) is 2. The normalized spacial score (nSPS) is 17.9. The molecule has 1 aromatic carbocycles. The first-order valence-corrected chi connectivity index (χ1v) is 8.95. The first-order chi connectivity index (χ1) is 12.0. The van der Waals surface area contributed by atoms with E-state index in [0.29, 0.717) is 18.5 Å². The zero-order valence-corrected chi connectivity index (χ0v) is 15.6. The lowest BCUT2D eigenvalue weighted by Gasteiger charge is -2.26. The van der Waals surface area contributed by atoms with Crippen molar-refractivity contribution >= 4 is 5.96 Å². The van der Waals surface area contributed by atoms with Gasteiger partial charge >= 0.3 is 0 Å². The number of oxazole rings is 1. The molecule has 2 aromatic rings. The smallest absolute Gasteiger partial charge is 0.213 e. The average molecular weight is 340 g/mol. The van der Waals surface area contributed by atoms with E-state index < -0.39 is 0 Å². The molecule has 1 heterocycles. The maximum atomic E-state index is 5.82. The minimum atomic E-state index is -0.0271. The van der Waals surface area contributed by atoms with E-state index in [-0.39, 0.29) is 5.41 Å². The summed E-state index contributed by atoms with van der Waals surface area (Å²) in [6, 6.07) is 9.09. The lowest BCUT2D eigenvalue weighted by Crippen LogP contribution is -2.45. The van der Waals surface area contributed by atoms with Crippen LogP contribution in [-0.4, -0.2) is 24.0 Å². The van der Waals surface area contributed by atoms with E-state index in [1.807, 2.05) is 6.20 Å². The third kappa shape index (κ3) is 4.41. The molecule has 0 fully saturated rings. The summed E-state index contributed by atoms with van der Waals surface area (Å²) in [7, 11) is 1.79. The molecule has 1 aromatic heterocycles. The topological polar surface area (TPSA) is 62.5 Å². The van der Waals surface area contributed by atoms with Gasteiger partial charge in [0, 0.05) is 18.5 Å². The summed E-state index contributed by atoms with van der Waals surface area (Å²) >= 11 is 0. The van der Waals surface area contributed by atoms with Crippen LogP contribution >= 0.6 is 0 Å². The number of rotatable bonds is 3. The van der Waals surface area contributed by atoms with Gasteiger partial charge < -0.3 is 15.1 Å². The highest BCUT2D eigenvalue weighted by molar-refractivity contribution is 5.79. The molecule has 0 amide bonds. The largest absolute Gasteiger partial charge is 0.443 e. The molecule has 1 unspecified atom stereocenters. The van der Waals surface area contributed by atoms with E-state index in [2.05, 4.69) is 65.6 Å². The van der Waals surface area contributed by atoms with E-state index in [9.17, 15) is 0 Å². The fraction of sp³-hybridized carbons (Fsp3) is 0.500. The van der Waals surface area contributed by atoms with Crippen molar-refractivity contribution in [2.24, 2.45) is 4.99 Å². The molecule has 134 valence electrons. The van der Waals surface area contributed by atoms with Crippen molar-refractivity contribution in [1.29, 1.82) is 0 Å². The number of benzene rings is 1. The summed E-state index contributed by atoms with van der Waals surface area (Å²) in [5, 5.41) is 6.83. The van der Waals surface area contributed by atoms with Gasteiger partial charge in [0.2, 0.25) is 5.89 Å². The fourth-order valence-corrected chi connectivity index (χ4v) is 3.11. The molecule has 1 aliphatic rings. The highest BCUT2D eigenvalue weighted by Crippen LogP contribution is 2.23. The monoisotopic (exact) mass is 340 g/mol. The minimum Gasteiger partial charge on any atom is -0.443 e. The van der Waals surface area contributed by atoms with Crippen LogP contribution in [0.5, 0.6) is 0 Å². The Morgan fingerprint density at radius 1 is 1.28 bits per heavy atom. The average Bonchev–Trinajstić information content (AvgIpc) is 3.08. The zero-order chi connectivity index (χ0) is 17.9. The third-order valence-electron chi connectivity index (χ3n) is 4.61. The molecule has 3 rings (SSSR count). The molecule has 0 radical (unpaired) electrons. The quantitative estimate of drug-likeness (QED) is 0.665. The molecule has 0 bridgehead atoms. The molecular weight excluding hydrogens is 312 g/mol. The number of aliphatic imine (C=N–C) groups is 1. The van der Waals surface area contributed by atoms with Gasteiger partial charge in [0.15, 0.2) is 5.96 Å². The standard InChI is InChI=1S/C20H28N4O/c1-20(2,3)17-12-22-18(25-17)13-23-19(21-4)24-16-10-9-14-7-5-6-8-15(14)11-16/h5-8,12,16H,9-11,13H2,1-4H3,(H2,21,23,24). The molecular formula is C20H28N4O. The van der Waals surface area contributed by atoms with E-state index in [1.165, 1.54) is 11.1 Å². The number of hydrogen-bond acceptors (Lipinski definition) is 3. The van der Waals surface area contributed by atoms with Crippen molar-refractivity contribution in [2.45, 2.75) is 58.0 Å². The van der Waals surface area contributed by atoms with Crippen LogP contribution in [0.4, 0.5) is 0 Å². The molecule has 5 heteroatoms. The van der Waals surface area contributed by atoms with Gasteiger partial charge in [-0.2, -0.15) is 0 Å². The number of nitrogens with zero attached hydrogens (tertiary/aromatic N) is 2. The van der Waals surface area contributed by atoms with Crippen LogP contribution < -0.4 is 10.6 Å². The van der Waals surface area contributed by atoms with Crippen molar-refractivity contribution in [3.8, 4) is 0 Å². The first-order valence-electron chi connectivity index (χ1n) is 8.95. The van der Waals surface area contributed by atoms with Crippen LogP contribution in [0.15, 0.2) is 39.9 Å². The molecule has 25 heavy (non-hydrogen) atoms. The summed E-state index contributed by atoms with van der Waals surface area (Å²) in [4.78, 5) is 8.69. The van der Waals surface area contributed by atoms with Gasteiger partial charge in [-0.15, -0.1) is 0 Å². The predicted octanol–water partition coefficient (Wildman–Crippen LogP) is 3.19. The summed E-state index contributed by atoms with van der Waals surface area (Å²) in [6.45, 7) is 6.88. The van der Waals surface area contributed by atoms with Crippen LogP contribution in [0.2, 0.25) is 0 Å². The fourth-order valence-electron chi connectivity index (χ4n) is 3.11.